The number of H-pyrrole nitrogens is 2. The molecule has 0 aliphatic rings. The standard InChI is InChI=1S/C20H22FN3OS/c1-4-20(25,5-2)13-7-6-12-8-15(22-14(12)9-13)18-19-16(23-24-18)10-17(26-19)11(3)21/h6-11,22,25H,4-5H2,1-3H3,(H,23,24). The number of fused-ring (bicyclic) bond motifs is 2. The molecule has 0 amide bonds. The van der Waals surface area contributed by atoms with Gasteiger partial charge in [-0.2, -0.15) is 5.10 Å². The second kappa shape index (κ2) is 6.21. The number of nitrogens with one attached hydrogen (secondary N) is 2. The van der Waals surface area contributed by atoms with Crippen LogP contribution in [0.15, 0.2) is 30.3 Å². The maximum atomic E-state index is 13.6. The molecule has 4 aromatic rings. The number of hydrogen-bond acceptors (Lipinski definition) is 3. The summed E-state index contributed by atoms with van der Waals surface area (Å²) >= 11 is 1.43. The van der Waals surface area contributed by atoms with Crippen LogP contribution in [-0.4, -0.2) is 20.3 Å². The molecule has 3 heterocycles. The molecule has 4 nitrogen and oxygen atoms in total. The summed E-state index contributed by atoms with van der Waals surface area (Å²) in [4.78, 5) is 4.11. The van der Waals surface area contributed by atoms with E-state index in [1.807, 2.05) is 44.2 Å². The monoisotopic (exact) mass is 371 g/mol. The Balaban J connectivity index is 1.81. The molecule has 0 fully saturated rings. The summed E-state index contributed by atoms with van der Waals surface area (Å²) in [6.07, 6.45) is 0.351. The van der Waals surface area contributed by atoms with Crippen molar-refractivity contribution >= 4 is 32.5 Å². The molecule has 0 aliphatic heterocycles. The quantitative estimate of drug-likeness (QED) is 0.414. The number of hydrogen-bond donors (Lipinski definition) is 3. The molecule has 1 atom stereocenters. The highest BCUT2D eigenvalue weighted by molar-refractivity contribution is 7.19. The number of rotatable bonds is 5. The maximum Gasteiger partial charge on any atom is 0.132 e. The molecule has 3 aromatic heterocycles. The van der Waals surface area contributed by atoms with Gasteiger partial charge in [-0.15, -0.1) is 11.3 Å². The lowest BCUT2D eigenvalue weighted by atomic mass is 9.88. The average Bonchev–Trinajstić information content (AvgIpc) is 3.33. The first-order valence-corrected chi connectivity index (χ1v) is 9.74. The van der Waals surface area contributed by atoms with Crippen molar-refractivity contribution in [3.05, 3.63) is 40.8 Å². The molecule has 136 valence electrons. The van der Waals surface area contributed by atoms with Gasteiger partial charge in [0.2, 0.25) is 0 Å². The first-order valence-electron chi connectivity index (χ1n) is 8.93. The van der Waals surface area contributed by atoms with Crippen molar-refractivity contribution in [2.75, 3.05) is 0 Å². The van der Waals surface area contributed by atoms with Gasteiger partial charge in [0.25, 0.3) is 0 Å². The summed E-state index contributed by atoms with van der Waals surface area (Å²) in [6.45, 7) is 5.54. The Labute approximate surface area is 155 Å². The second-order valence-electron chi connectivity index (χ2n) is 6.80. The minimum atomic E-state index is -0.986. The molecule has 0 saturated heterocycles. The van der Waals surface area contributed by atoms with Crippen molar-refractivity contribution in [2.24, 2.45) is 0 Å². The van der Waals surface area contributed by atoms with E-state index in [1.165, 1.54) is 11.3 Å². The van der Waals surface area contributed by atoms with Crippen LogP contribution in [0.4, 0.5) is 4.39 Å². The molecule has 0 radical (unpaired) electrons. The fourth-order valence-corrected chi connectivity index (χ4v) is 4.46. The largest absolute Gasteiger partial charge is 0.385 e. The number of aromatic amines is 2. The highest BCUT2D eigenvalue weighted by atomic mass is 32.1. The summed E-state index contributed by atoms with van der Waals surface area (Å²) in [5.74, 6) is 0. The van der Waals surface area contributed by atoms with Crippen molar-refractivity contribution in [2.45, 2.75) is 45.4 Å². The number of aliphatic hydroxyl groups is 1. The van der Waals surface area contributed by atoms with E-state index in [9.17, 15) is 9.50 Å². The van der Waals surface area contributed by atoms with E-state index in [-0.39, 0.29) is 0 Å². The highest BCUT2D eigenvalue weighted by Crippen LogP contribution is 2.38. The number of nitrogens with zero attached hydrogens (tertiary/aromatic N) is 1. The Morgan fingerprint density at radius 2 is 1.96 bits per heavy atom. The van der Waals surface area contributed by atoms with Gasteiger partial charge in [-0.25, -0.2) is 4.39 Å². The Morgan fingerprint density at radius 1 is 1.19 bits per heavy atom. The van der Waals surface area contributed by atoms with Gasteiger partial charge in [0.15, 0.2) is 0 Å². The third kappa shape index (κ3) is 2.64. The Hall–Kier alpha value is -2.18. The molecule has 1 aromatic carbocycles. The molecular formula is C20H22FN3OS. The average molecular weight is 371 g/mol. The van der Waals surface area contributed by atoms with Crippen LogP contribution >= 0.6 is 11.3 Å². The summed E-state index contributed by atoms with van der Waals surface area (Å²) < 4.78 is 14.6. The van der Waals surface area contributed by atoms with Gasteiger partial charge in [-0.1, -0.05) is 26.0 Å². The van der Waals surface area contributed by atoms with E-state index in [4.69, 9.17) is 0 Å². The normalized spacial score (nSPS) is 13.7. The number of aromatic nitrogens is 3. The maximum absolute atomic E-state index is 13.6. The van der Waals surface area contributed by atoms with Crippen molar-refractivity contribution in [1.82, 2.24) is 15.2 Å². The molecular weight excluding hydrogens is 349 g/mol. The topological polar surface area (TPSA) is 64.7 Å². The van der Waals surface area contributed by atoms with Crippen LogP contribution in [-0.2, 0) is 5.60 Å². The van der Waals surface area contributed by atoms with Crippen LogP contribution in [0.1, 0.15) is 50.2 Å². The van der Waals surface area contributed by atoms with Crippen LogP contribution < -0.4 is 0 Å². The summed E-state index contributed by atoms with van der Waals surface area (Å²) in [5.41, 5.74) is 3.62. The first-order chi connectivity index (χ1) is 12.4. The van der Waals surface area contributed by atoms with Crippen LogP contribution in [0.3, 0.4) is 0 Å². The van der Waals surface area contributed by atoms with Crippen LogP contribution in [0.5, 0.6) is 0 Å². The minimum absolute atomic E-state index is 0.669. The SMILES string of the molecule is CCC(O)(CC)c1ccc2cc(-c3n[nH]c4cc(C(C)F)sc34)[nH]c2c1. The van der Waals surface area contributed by atoms with Gasteiger partial charge in [0.05, 0.1) is 21.5 Å². The second-order valence-corrected chi connectivity index (χ2v) is 7.89. The van der Waals surface area contributed by atoms with Gasteiger partial charge in [-0.05, 0) is 43.5 Å². The summed E-state index contributed by atoms with van der Waals surface area (Å²) in [5, 5.41) is 19.2. The van der Waals surface area contributed by atoms with Crippen molar-refractivity contribution in [1.29, 1.82) is 0 Å². The van der Waals surface area contributed by atoms with Gasteiger partial charge in [-0.3, -0.25) is 5.10 Å². The van der Waals surface area contributed by atoms with Crippen molar-refractivity contribution in [3.63, 3.8) is 0 Å². The zero-order valence-electron chi connectivity index (χ0n) is 15.1. The third-order valence-corrected chi connectivity index (χ3v) is 6.53. The predicted molar refractivity (Wildman–Crippen MR) is 105 cm³/mol. The third-order valence-electron chi connectivity index (χ3n) is 5.23. The first kappa shape index (κ1) is 17.2. The number of benzene rings is 1. The fourth-order valence-electron chi connectivity index (χ4n) is 3.42. The zero-order chi connectivity index (χ0) is 18.5. The highest BCUT2D eigenvalue weighted by Gasteiger charge is 2.25. The van der Waals surface area contributed by atoms with Gasteiger partial charge in [0, 0.05) is 15.8 Å². The number of halogens is 1. The van der Waals surface area contributed by atoms with E-state index in [2.05, 4.69) is 15.2 Å². The lowest BCUT2D eigenvalue weighted by molar-refractivity contribution is 0.0285. The van der Waals surface area contributed by atoms with Crippen LogP contribution in [0, 0.1) is 0 Å². The van der Waals surface area contributed by atoms with E-state index in [0.29, 0.717) is 17.7 Å². The molecule has 26 heavy (non-hydrogen) atoms. The molecule has 6 heteroatoms. The van der Waals surface area contributed by atoms with Crippen LogP contribution in [0.25, 0.3) is 32.5 Å². The number of alkyl halides is 1. The Kier molecular flexibility index (Phi) is 4.12. The van der Waals surface area contributed by atoms with E-state index >= 15 is 0 Å². The molecule has 4 rings (SSSR count). The molecule has 0 saturated carbocycles. The van der Waals surface area contributed by atoms with E-state index in [0.717, 1.165) is 38.1 Å². The van der Waals surface area contributed by atoms with E-state index < -0.39 is 11.8 Å². The smallest absolute Gasteiger partial charge is 0.132 e. The van der Waals surface area contributed by atoms with Gasteiger partial charge < -0.3 is 10.1 Å². The number of thiophene rings is 1. The fraction of sp³-hybridized carbons (Fsp3) is 0.350. The van der Waals surface area contributed by atoms with Crippen LogP contribution in [0.2, 0.25) is 0 Å². The Bertz CT molecular complexity index is 1070. The van der Waals surface area contributed by atoms with Gasteiger partial charge >= 0.3 is 0 Å². The Morgan fingerprint density at radius 3 is 2.65 bits per heavy atom. The molecule has 0 spiro atoms. The van der Waals surface area contributed by atoms with Crippen molar-refractivity contribution in [3.8, 4) is 11.4 Å². The van der Waals surface area contributed by atoms with Gasteiger partial charge in [0.1, 0.15) is 11.9 Å². The summed E-state index contributed by atoms with van der Waals surface area (Å²) in [6, 6.07) is 9.89. The minimum Gasteiger partial charge on any atom is -0.385 e. The lowest BCUT2D eigenvalue weighted by Gasteiger charge is -2.25. The zero-order valence-corrected chi connectivity index (χ0v) is 15.9. The summed E-state index contributed by atoms with van der Waals surface area (Å²) in [7, 11) is 0. The van der Waals surface area contributed by atoms with E-state index in [1.54, 1.807) is 6.92 Å². The molecule has 0 aliphatic carbocycles. The lowest BCUT2D eigenvalue weighted by Crippen LogP contribution is -2.23. The molecule has 3 N–H and O–H groups in total. The molecule has 1 unspecified atom stereocenters. The molecule has 0 bridgehead atoms. The van der Waals surface area contributed by atoms with Crippen molar-refractivity contribution < 1.29 is 9.50 Å². The predicted octanol–water partition coefficient (Wildman–Crippen LogP) is 5.81.